The van der Waals surface area contributed by atoms with Crippen LogP contribution in [-0.2, 0) is 19.1 Å². The van der Waals surface area contributed by atoms with Crippen molar-refractivity contribution >= 4 is 17.3 Å². The Bertz CT molecular complexity index is 818. The number of ether oxygens (including phenoxy) is 1. The van der Waals surface area contributed by atoms with Gasteiger partial charge in [0.05, 0.1) is 5.01 Å². The number of alkyl halides is 3. The number of nitrogens with zero attached hydrogens (tertiary/aromatic N) is 3. The Kier molecular flexibility index (Phi) is 7.29. The molecule has 3 rings (SSSR count). The van der Waals surface area contributed by atoms with E-state index in [1.54, 1.807) is 13.2 Å². The fourth-order valence-corrected chi connectivity index (χ4v) is 3.88. The summed E-state index contributed by atoms with van der Waals surface area (Å²) < 4.78 is 43.9. The quantitative estimate of drug-likeness (QED) is 0.520. The van der Waals surface area contributed by atoms with Gasteiger partial charge in [-0.3, -0.25) is 4.99 Å². The highest BCUT2D eigenvalue weighted by atomic mass is 32.1. The van der Waals surface area contributed by atoms with E-state index in [-0.39, 0.29) is 6.10 Å². The molecule has 1 fully saturated rings. The smallest absolute Gasteiger partial charge is 0.434 e. The number of thiazole rings is 1. The fourth-order valence-electron chi connectivity index (χ4n) is 3.07. The lowest BCUT2D eigenvalue weighted by atomic mass is 10.2. The van der Waals surface area contributed by atoms with Crippen molar-refractivity contribution in [3.63, 3.8) is 0 Å². The lowest BCUT2D eigenvalue weighted by Gasteiger charge is -2.16. The number of guanidine groups is 1. The molecule has 0 amide bonds. The van der Waals surface area contributed by atoms with Gasteiger partial charge in [0.2, 0.25) is 5.88 Å². The first-order chi connectivity index (χ1) is 14.0. The van der Waals surface area contributed by atoms with Crippen LogP contribution in [0.3, 0.4) is 0 Å². The van der Waals surface area contributed by atoms with Crippen molar-refractivity contribution < 1.29 is 17.9 Å². The lowest BCUT2D eigenvalue weighted by molar-refractivity contribution is -0.140. The second-order valence-electron chi connectivity index (χ2n) is 6.72. The van der Waals surface area contributed by atoms with Crippen molar-refractivity contribution in [1.82, 2.24) is 20.6 Å². The maximum Gasteiger partial charge on any atom is 0.434 e. The molecule has 2 aromatic rings. The normalized spacial score (nSPS) is 15.5. The Morgan fingerprint density at radius 2 is 2.10 bits per heavy atom. The third-order valence-corrected chi connectivity index (χ3v) is 5.48. The molecule has 2 aromatic heterocycles. The van der Waals surface area contributed by atoms with Crippen LogP contribution in [0.1, 0.15) is 41.9 Å². The van der Waals surface area contributed by atoms with E-state index in [1.165, 1.54) is 12.8 Å². The summed E-state index contributed by atoms with van der Waals surface area (Å²) in [6.07, 6.45) is 2.40. The Morgan fingerprint density at radius 1 is 1.31 bits per heavy atom. The Morgan fingerprint density at radius 3 is 2.79 bits per heavy atom. The molecule has 10 heteroatoms. The zero-order valence-electron chi connectivity index (χ0n) is 16.1. The maximum absolute atomic E-state index is 12.6. The van der Waals surface area contributed by atoms with Gasteiger partial charge in [-0.2, -0.15) is 13.2 Å². The van der Waals surface area contributed by atoms with E-state index in [4.69, 9.17) is 4.74 Å². The summed E-state index contributed by atoms with van der Waals surface area (Å²) in [4.78, 5) is 12.1. The Hall–Kier alpha value is -2.36. The van der Waals surface area contributed by atoms with E-state index in [1.807, 2.05) is 12.1 Å². The first-order valence-electron chi connectivity index (χ1n) is 9.52. The van der Waals surface area contributed by atoms with Gasteiger partial charge in [0, 0.05) is 43.7 Å². The van der Waals surface area contributed by atoms with Gasteiger partial charge in [0.1, 0.15) is 6.10 Å². The monoisotopic (exact) mass is 427 g/mol. The molecular weight excluding hydrogens is 403 g/mol. The van der Waals surface area contributed by atoms with Crippen molar-refractivity contribution in [3.05, 3.63) is 40.0 Å². The van der Waals surface area contributed by atoms with Gasteiger partial charge in [-0.25, -0.2) is 9.97 Å². The third kappa shape index (κ3) is 6.31. The molecule has 2 heterocycles. The Labute approximate surface area is 171 Å². The molecular formula is C19H24F3N5OS. The summed E-state index contributed by atoms with van der Waals surface area (Å²) >= 11 is 1.01. The number of halogens is 3. The van der Waals surface area contributed by atoms with Crippen molar-refractivity contribution in [2.24, 2.45) is 4.99 Å². The predicted octanol–water partition coefficient (Wildman–Crippen LogP) is 3.79. The second-order valence-corrected chi connectivity index (χ2v) is 7.66. The van der Waals surface area contributed by atoms with Crippen molar-refractivity contribution in [3.8, 4) is 5.88 Å². The number of pyridine rings is 1. The van der Waals surface area contributed by atoms with Gasteiger partial charge in [-0.15, -0.1) is 11.3 Å². The average Bonchev–Trinajstić information content (AvgIpc) is 3.37. The molecule has 29 heavy (non-hydrogen) atoms. The van der Waals surface area contributed by atoms with Crippen LogP contribution in [0, 0.1) is 0 Å². The minimum atomic E-state index is -4.40. The lowest BCUT2D eigenvalue weighted by Crippen LogP contribution is -2.38. The molecule has 158 valence electrons. The molecule has 1 aliphatic carbocycles. The molecule has 0 unspecified atom stereocenters. The average molecular weight is 427 g/mol. The van der Waals surface area contributed by atoms with Crippen LogP contribution < -0.4 is 15.4 Å². The minimum Gasteiger partial charge on any atom is -0.474 e. The molecule has 0 radical (unpaired) electrons. The first-order valence-corrected chi connectivity index (χ1v) is 10.4. The van der Waals surface area contributed by atoms with E-state index in [0.717, 1.165) is 35.1 Å². The number of hydrogen-bond acceptors (Lipinski definition) is 5. The number of rotatable bonds is 7. The van der Waals surface area contributed by atoms with E-state index < -0.39 is 11.9 Å². The van der Waals surface area contributed by atoms with Gasteiger partial charge in [-0.1, -0.05) is 6.07 Å². The molecule has 2 N–H and O–H groups in total. The van der Waals surface area contributed by atoms with Crippen LogP contribution in [0.2, 0.25) is 0 Å². The molecule has 0 saturated heterocycles. The second kappa shape index (κ2) is 9.91. The van der Waals surface area contributed by atoms with Crippen LogP contribution >= 0.6 is 11.3 Å². The Balaban J connectivity index is 1.48. The highest BCUT2D eigenvalue weighted by Gasteiger charge is 2.33. The number of hydrogen-bond donors (Lipinski definition) is 2. The van der Waals surface area contributed by atoms with Crippen LogP contribution in [0.4, 0.5) is 13.2 Å². The number of nitrogens with one attached hydrogen (secondary N) is 2. The summed E-state index contributed by atoms with van der Waals surface area (Å²) in [5.74, 6) is 1.18. The summed E-state index contributed by atoms with van der Waals surface area (Å²) in [6.45, 7) is 0.897. The topological polar surface area (TPSA) is 71.4 Å². The van der Waals surface area contributed by atoms with Crippen molar-refractivity contribution in [2.45, 2.75) is 50.9 Å². The zero-order valence-corrected chi connectivity index (χ0v) is 16.9. The largest absolute Gasteiger partial charge is 0.474 e. The van der Waals surface area contributed by atoms with Gasteiger partial charge >= 0.3 is 6.18 Å². The standard InChI is InChI=1S/C19H24F3N5OS/c1-23-18(25-10-8-16-27-15(12-29-16)19(20,21)22)26-11-13-5-4-9-24-17(13)28-14-6-2-3-7-14/h4-5,9,12,14H,2-3,6-8,10-11H2,1H3,(H2,23,25,26). The first kappa shape index (κ1) is 21.4. The molecule has 0 spiro atoms. The van der Waals surface area contributed by atoms with E-state index >= 15 is 0 Å². The summed E-state index contributed by atoms with van der Waals surface area (Å²) in [5, 5.41) is 7.75. The van der Waals surface area contributed by atoms with E-state index in [2.05, 4.69) is 25.6 Å². The van der Waals surface area contributed by atoms with E-state index in [9.17, 15) is 13.2 Å². The van der Waals surface area contributed by atoms with Crippen LogP contribution in [0.25, 0.3) is 0 Å². The summed E-state index contributed by atoms with van der Waals surface area (Å²) in [5.41, 5.74) is 0.0865. The predicted molar refractivity (Wildman–Crippen MR) is 106 cm³/mol. The summed E-state index contributed by atoms with van der Waals surface area (Å²) in [7, 11) is 1.64. The molecule has 1 aliphatic rings. The SMILES string of the molecule is CN=C(NCCc1nc(C(F)(F)F)cs1)NCc1cccnc1OC1CCCC1. The van der Waals surface area contributed by atoms with E-state index in [0.29, 0.717) is 36.4 Å². The minimum absolute atomic E-state index is 0.223. The molecule has 0 bridgehead atoms. The van der Waals surface area contributed by atoms with Crippen molar-refractivity contribution in [2.75, 3.05) is 13.6 Å². The molecule has 6 nitrogen and oxygen atoms in total. The maximum atomic E-state index is 12.6. The van der Waals surface area contributed by atoms with Gasteiger partial charge in [0.15, 0.2) is 11.7 Å². The molecule has 0 atom stereocenters. The number of aromatic nitrogens is 2. The van der Waals surface area contributed by atoms with Gasteiger partial charge in [0.25, 0.3) is 0 Å². The summed E-state index contributed by atoms with van der Waals surface area (Å²) in [6, 6.07) is 3.81. The number of aliphatic imine (C=N–C) groups is 1. The molecule has 1 saturated carbocycles. The zero-order chi connectivity index (χ0) is 20.7. The van der Waals surface area contributed by atoms with Crippen LogP contribution in [0.15, 0.2) is 28.7 Å². The highest BCUT2D eigenvalue weighted by Crippen LogP contribution is 2.30. The van der Waals surface area contributed by atoms with Crippen molar-refractivity contribution in [1.29, 1.82) is 0 Å². The van der Waals surface area contributed by atoms with Gasteiger partial charge in [-0.05, 0) is 31.7 Å². The van der Waals surface area contributed by atoms with Gasteiger partial charge < -0.3 is 15.4 Å². The fraction of sp³-hybridized carbons (Fsp3) is 0.526. The third-order valence-electron chi connectivity index (χ3n) is 4.57. The molecule has 0 aromatic carbocycles. The van der Waals surface area contributed by atoms with Crippen LogP contribution in [0.5, 0.6) is 5.88 Å². The molecule has 0 aliphatic heterocycles. The van der Waals surface area contributed by atoms with Crippen LogP contribution in [-0.4, -0.2) is 35.6 Å². The highest BCUT2D eigenvalue weighted by molar-refractivity contribution is 7.09.